The zero-order chi connectivity index (χ0) is 33.3. The van der Waals surface area contributed by atoms with Crippen molar-refractivity contribution in [1.29, 1.82) is 0 Å². The van der Waals surface area contributed by atoms with Crippen molar-refractivity contribution in [2.24, 2.45) is 23.7 Å². The molecular formula is C31H28BBrCl2N2O9. The molecule has 11 nitrogen and oxygen atoms in total. The number of carbonyl (C=O) groups is 4. The second kappa shape index (κ2) is 11.7. The molecule has 2 aliphatic heterocycles. The number of benzene rings is 2. The largest absolute Gasteiger partial charge is 0.502 e. The molecule has 15 heteroatoms. The summed E-state index contributed by atoms with van der Waals surface area (Å²) >= 11 is 17.6. The summed E-state index contributed by atoms with van der Waals surface area (Å²) in [5.41, 5.74) is 1.26. The Balaban J connectivity index is 1.46. The fourth-order valence-corrected chi connectivity index (χ4v) is 8.68. The average Bonchev–Trinajstić information content (AvgIpc) is 3.38. The van der Waals surface area contributed by atoms with Crippen molar-refractivity contribution in [3.05, 3.63) is 59.7 Å². The number of halogens is 3. The second-order valence-corrected chi connectivity index (χ2v) is 13.4. The molecule has 4 aliphatic rings. The average molecular weight is 734 g/mol. The molecule has 2 saturated heterocycles. The minimum absolute atomic E-state index is 0.105. The molecule has 3 fully saturated rings. The van der Waals surface area contributed by atoms with E-state index < -0.39 is 64.2 Å². The molecule has 240 valence electrons. The van der Waals surface area contributed by atoms with Gasteiger partial charge in [-0.25, -0.2) is 0 Å². The smallest absolute Gasteiger partial charge is 0.488 e. The number of rotatable bonds is 7. The molecule has 0 bridgehead atoms. The molecule has 2 aliphatic carbocycles. The number of hydrogen-bond donors (Lipinski definition) is 3. The van der Waals surface area contributed by atoms with Gasteiger partial charge in [-0.05, 0) is 54.1 Å². The highest BCUT2D eigenvalue weighted by Gasteiger charge is 2.75. The Labute approximate surface area is 282 Å². The van der Waals surface area contributed by atoms with Gasteiger partial charge in [-0.3, -0.25) is 29.0 Å². The summed E-state index contributed by atoms with van der Waals surface area (Å²) in [5, 5.41) is 29.7. The second-order valence-electron chi connectivity index (χ2n) is 11.6. The fraction of sp³-hybridized carbons (Fsp3) is 0.355. The van der Waals surface area contributed by atoms with Crippen LogP contribution in [0.2, 0.25) is 0 Å². The van der Waals surface area contributed by atoms with Gasteiger partial charge in [0.15, 0.2) is 21.2 Å². The van der Waals surface area contributed by atoms with Crippen LogP contribution in [0, 0.1) is 23.7 Å². The number of aromatic hydroxyl groups is 1. The van der Waals surface area contributed by atoms with Crippen LogP contribution in [0.5, 0.6) is 17.2 Å². The number of allylic oxidation sites excluding steroid dienone is 3. The Kier molecular flexibility index (Phi) is 8.29. The first kappa shape index (κ1) is 32.6. The van der Waals surface area contributed by atoms with E-state index in [0.29, 0.717) is 11.1 Å². The number of imide groups is 2. The van der Waals surface area contributed by atoms with Crippen LogP contribution in [0.1, 0.15) is 18.4 Å². The predicted octanol–water partition coefficient (Wildman–Crippen LogP) is 2.55. The predicted molar refractivity (Wildman–Crippen MR) is 173 cm³/mol. The fourth-order valence-electron chi connectivity index (χ4n) is 7.30. The van der Waals surface area contributed by atoms with Gasteiger partial charge in [-0.2, -0.15) is 0 Å². The van der Waals surface area contributed by atoms with E-state index in [9.17, 15) is 34.3 Å². The Morgan fingerprint density at radius 3 is 2.30 bits per heavy atom. The van der Waals surface area contributed by atoms with Gasteiger partial charge in [-0.15, -0.1) is 23.2 Å². The molecule has 4 amide bonds. The minimum atomic E-state index is -1.97. The summed E-state index contributed by atoms with van der Waals surface area (Å²) in [6.45, 7) is 0. The molecule has 6 rings (SSSR count). The molecule has 2 aromatic rings. The zero-order valence-electron chi connectivity index (χ0n) is 24.5. The molecule has 0 spiro atoms. The third-order valence-electron chi connectivity index (χ3n) is 9.48. The van der Waals surface area contributed by atoms with Gasteiger partial charge in [0.1, 0.15) is 0 Å². The van der Waals surface area contributed by atoms with Crippen molar-refractivity contribution in [2.45, 2.75) is 22.6 Å². The monoisotopic (exact) mass is 732 g/mol. The van der Waals surface area contributed by atoms with E-state index in [1.165, 1.54) is 38.5 Å². The highest BCUT2D eigenvalue weighted by Crippen LogP contribution is 2.63. The first-order valence-electron chi connectivity index (χ1n) is 14.3. The van der Waals surface area contributed by atoms with E-state index >= 15 is 0 Å². The Bertz CT molecular complexity index is 1710. The summed E-state index contributed by atoms with van der Waals surface area (Å²) in [5.74, 6) is -5.74. The molecule has 3 N–H and O–H groups in total. The molecule has 6 atom stereocenters. The molecule has 6 unspecified atom stereocenters. The molecule has 2 aromatic carbocycles. The highest BCUT2D eigenvalue weighted by atomic mass is 79.9. The van der Waals surface area contributed by atoms with Crippen molar-refractivity contribution in [3.63, 3.8) is 0 Å². The number of anilines is 1. The molecular weight excluding hydrogens is 706 g/mol. The molecule has 46 heavy (non-hydrogen) atoms. The van der Waals surface area contributed by atoms with E-state index in [2.05, 4.69) is 15.9 Å². The number of nitrogens with zero attached hydrogens (tertiary/aromatic N) is 2. The number of hydrogen-bond acceptors (Lipinski definition) is 9. The number of carbonyl (C=O) groups excluding carboxylic acids is 4. The van der Waals surface area contributed by atoms with Gasteiger partial charge < -0.3 is 24.6 Å². The molecule has 0 aromatic heterocycles. The lowest BCUT2D eigenvalue weighted by Crippen LogP contribution is -2.60. The summed E-state index contributed by atoms with van der Waals surface area (Å²) in [6.07, 6.45) is 5.07. The minimum Gasteiger partial charge on any atom is -0.502 e. The van der Waals surface area contributed by atoms with Crippen molar-refractivity contribution in [3.8, 4) is 17.2 Å². The lowest BCUT2D eigenvalue weighted by atomic mass is 9.57. The van der Waals surface area contributed by atoms with Crippen LogP contribution >= 0.6 is 39.1 Å². The van der Waals surface area contributed by atoms with Crippen LogP contribution < -0.4 is 19.8 Å². The first-order chi connectivity index (χ1) is 21.8. The summed E-state index contributed by atoms with van der Waals surface area (Å²) < 4.78 is 10.5. The lowest BCUT2D eigenvalue weighted by Gasteiger charge is -2.49. The quantitative estimate of drug-likeness (QED) is 0.128. The number of phenols is 1. The van der Waals surface area contributed by atoms with E-state index in [4.69, 9.17) is 32.7 Å². The Morgan fingerprint density at radius 1 is 1.02 bits per heavy atom. The summed E-state index contributed by atoms with van der Waals surface area (Å²) in [4.78, 5) is 53.6. The van der Waals surface area contributed by atoms with Gasteiger partial charge in [0.25, 0.3) is 11.8 Å². The Hall–Kier alpha value is -3.36. The summed E-state index contributed by atoms with van der Waals surface area (Å²) in [6, 6.07) is 8.96. The van der Waals surface area contributed by atoms with E-state index in [0.717, 1.165) is 9.80 Å². The standard InChI is InChI=1S/C31H28BBrCl2N2O9/c1-45-22-10-15(11-23(46-2)25(22)38)6-9-21-18-7-8-19-24(20(18)13-30(34)28(41)36(14-33)29(42)31(21,30)35)27(40)37(26(19)39)17-5-3-4-16(12-17)32(43)44/h3-7,9-12,19-21,24,38,43-44H,8,13-14H2,1-2H3. The van der Waals surface area contributed by atoms with E-state index in [-0.39, 0.29) is 46.7 Å². The number of fused-ring (bicyclic) bond motifs is 4. The zero-order valence-corrected chi connectivity index (χ0v) is 27.6. The van der Waals surface area contributed by atoms with E-state index in [1.807, 2.05) is 0 Å². The van der Waals surface area contributed by atoms with Crippen LogP contribution in [0.3, 0.4) is 0 Å². The molecule has 0 radical (unpaired) electrons. The van der Waals surface area contributed by atoms with Crippen LogP contribution in [-0.2, 0) is 19.2 Å². The maximum Gasteiger partial charge on any atom is 0.488 e. The maximum absolute atomic E-state index is 14.1. The number of ether oxygens (including phenoxy) is 2. The van der Waals surface area contributed by atoms with Gasteiger partial charge in [0.05, 0.1) is 37.2 Å². The van der Waals surface area contributed by atoms with E-state index in [1.54, 1.807) is 30.4 Å². The number of alkyl halides is 3. The van der Waals surface area contributed by atoms with Crippen LogP contribution in [0.4, 0.5) is 5.69 Å². The number of amides is 4. The van der Waals surface area contributed by atoms with Crippen LogP contribution in [-0.4, -0.2) is 80.2 Å². The highest BCUT2D eigenvalue weighted by molar-refractivity contribution is 9.09. The first-order valence-corrected chi connectivity index (χ1v) is 16.2. The topological polar surface area (TPSA) is 154 Å². The van der Waals surface area contributed by atoms with Crippen molar-refractivity contribution < 1.29 is 43.8 Å². The normalized spacial score (nSPS) is 30.4. The number of phenolic OH excluding ortho intramolecular Hbond substituents is 1. The van der Waals surface area contributed by atoms with Gasteiger partial charge in [-0.1, -0.05) is 51.9 Å². The van der Waals surface area contributed by atoms with Crippen molar-refractivity contribution in [2.75, 3.05) is 24.6 Å². The van der Waals surface area contributed by atoms with Gasteiger partial charge in [0, 0.05) is 5.92 Å². The number of likely N-dealkylation sites (tertiary alicyclic amines) is 1. The van der Waals surface area contributed by atoms with Crippen LogP contribution in [0.25, 0.3) is 6.08 Å². The van der Waals surface area contributed by atoms with Crippen molar-refractivity contribution >= 4 is 87.1 Å². The molecule has 1 saturated carbocycles. The SMILES string of the molecule is COc1cc(C=CC2C3=CCC4C(=O)N(c5cccc(B(O)O)c5)C(=O)C4C3CC3(Cl)C(=O)N(CBr)C(=O)C23Cl)cc(OC)c1O. The third kappa shape index (κ3) is 4.54. The lowest BCUT2D eigenvalue weighted by molar-refractivity contribution is -0.138. The van der Waals surface area contributed by atoms with Crippen LogP contribution in [0.15, 0.2) is 54.1 Å². The Morgan fingerprint density at radius 2 is 1.70 bits per heavy atom. The molecule has 2 heterocycles. The third-order valence-corrected chi connectivity index (χ3v) is 11.4. The van der Waals surface area contributed by atoms with Gasteiger partial charge in [0.2, 0.25) is 17.6 Å². The maximum atomic E-state index is 14.1. The summed E-state index contributed by atoms with van der Waals surface area (Å²) in [7, 11) is 0.963. The van der Waals surface area contributed by atoms with Gasteiger partial charge >= 0.3 is 7.12 Å². The number of methoxy groups -OCH3 is 2. The van der Waals surface area contributed by atoms with Crippen molar-refractivity contribution in [1.82, 2.24) is 4.90 Å².